The van der Waals surface area contributed by atoms with Crippen LogP contribution in [-0.4, -0.2) is 39.8 Å². The zero-order valence-electron chi connectivity index (χ0n) is 17.7. The van der Waals surface area contributed by atoms with Gasteiger partial charge in [0.2, 0.25) is 15.9 Å². The van der Waals surface area contributed by atoms with Crippen LogP contribution in [0.15, 0.2) is 60.7 Å². The van der Waals surface area contributed by atoms with Crippen LogP contribution < -0.4 is 14.4 Å². The number of nitrogens with zero attached hydrogens (tertiary/aromatic N) is 1. The highest BCUT2D eigenvalue weighted by Crippen LogP contribution is 2.27. The normalized spacial score (nSPS) is 12.4. The van der Waals surface area contributed by atoms with Gasteiger partial charge >= 0.3 is 0 Å². The molecule has 0 heterocycles. The Morgan fingerprint density at radius 3 is 2.50 bits per heavy atom. The summed E-state index contributed by atoms with van der Waals surface area (Å²) >= 11 is 5.82. The second kappa shape index (κ2) is 10.2. The van der Waals surface area contributed by atoms with Gasteiger partial charge in [-0.05, 0) is 47.5 Å². The molecule has 1 amide bonds. The van der Waals surface area contributed by atoms with Gasteiger partial charge in [0.25, 0.3) is 0 Å². The molecule has 3 rings (SSSR count). The first-order valence-electron chi connectivity index (χ1n) is 10.0. The van der Waals surface area contributed by atoms with Crippen molar-refractivity contribution in [1.29, 1.82) is 0 Å². The number of carbonyl (C=O) groups excluding carboxylic acids is 1. The molecule has 0 bridgehead atoms. The molecule has 1 N–H and O–H groups in total. The van der Waals surface area contributed by atoms with Crippen molar-refractivity contribution in [3.8, 4) is 5.75 Å². The molecule has 3 aromatic rings. The average Bonchev–Trinajstić information content (AvgIpc) is 2.76. The summed E-state index contributed by atoms with van der Waals surface area (Å²) in [4.78, 5) is 12.8. The lowest BCUT2D eigenvalue weighted by atomic mass is 10.1. The van der Waals surface area contributed by atoms with E-state index in [9.17, 15) is 17.6 Å². The predicted molar refractivity (Wildman–Crippen MR) is 125 cm³/mol. The highest BCUT2D eigenvalue weighted by Gasteiger charge is 2.31. The lowest BCUT2D eigenvalue weighted by Crippen LogP contribution is -2.50. The summed E-state index contributed by atoms with van der Waals surface area (Å²) in [5.74, 6) is -0.489. The Kier molecular flexibility index (Phi) is 7.58. The average molecular weight is 479 g/mol. The van der Waals surface area contributed by atoms with Crippen LogP contribution >= 0.6 is 11.6 Å². The number of amides is 1. The second-order valence-electron chi connectivity index (χ2n) is 7.23. The molecule has 6 nitrogen and oxygen atoms in total. The monoisotopic (exact) mass is 478 g/mol. The van der Waals surface area contributed by atoms with Crippen LogP contribution in [0.4, 0.5) is 10.1 Å². The van der Waals surface area contributed by atoms with E-state index in [1.54, 1.807) is 6.92 Å². The SMILES string of the molecule is CC[C@H](C(=O)NCCOc1ccc2ccccc2c1)N(c1ccc(F)c(Cl)c1)S(C)(=O)=O. The Bertz CT molecular complexity index is 1220. The van der Waals surface area contributed by atoms with Crippen molar-refractivity contribution in [1.82, 2.24) is 5.32 Å². The van der Waals surface area contributed by atoms with Crippen LogP contribution in [0.25, 0.3) is 10.8 Å². The van der Waals surface area contributed by atoms with Crippen molar-refractivity contribution in [3.05, 3.63) is 71.5 Å². The minimum atomic E-state index is -3.84. The third-order valence-corrected chi connectivity index (χ3v) is 6.35. The summed E-state index contributed by atoms with van der Waals surface area (Å²) in [7, 11) is -3.84. The molecule has 0 saturated carbocycles. The fourth-order valence-electron chi connectivity index (χ4n) is 3.40. The number of benzene rings is 3. The zero-order valence-corrected chi connectivity index (χ0v) is 19.3. The van der Waals surface area contributed by atoms with Gasteiger partial charge in [-0.1, -0.05) is 48.9 Å². The number of nitrogens with one attached hydrogen (secondary N) is 1. The lowest BCUT2D eigenvalue weighted by Gasteiger charge is -2.30. The Morgan fingerprint density at radius 1 is 1.12 bits per heavy atom. The highest BCUT2D eigenvalue weighted by molar-refractivity contribution is 7.92. The number of rotatable bonds is 9. The van der Waals surface area contributed by atoms with E-state index < -0.39 is 27.8 Å². The van der Waals surface area contributed by atoms with E-state index >= 15 is 0 Å². The molecule has 170 valence electrons. The van der Waals surface area contributed by atoms with Crippen LogP contribution in [0.1, 0.15) is 13.3 Å². The molecule has 0 aliphatic rings. The van der Waals surface area contributed by atoms with Gasteiger partial charge in [0.1, 0.15) is 24.2 Å². The number of halogens is 2. The largest absolute Gasteiger partial charge is 0.492 e. The van der Waals surface area contributed by atoms with Gasteiger partial charge in [-0.2, -0.15) is 0 Å². The molecule has 3 aromatic carbocycles. The molecular formula is C23H24ClFN2O4S. The number of fused-ring (bicyclic) bond motifs is 1. The molecular weight excluding hydrogens is 455 g/mol. The van der Waals surface area contributed by atoms with E-state index in [2.05, 4.69) is 5.32 Å². The number of carbonyl (C=O) groups is 1. The van der Waals surface area contributed by atoms with Crippen LogP contribution in [-0.2, 0) is 14.8 Å². The van der Waals surface area contributed by atoms with E-state index in [4.69, 9.17) is 16.3 Å². The second-order valence-corrected chi connectivity index (χ2v) is 9.50. The summed E-state index contributed by atoms with van der Waals surface area (Å²) in [5, 5.41) is 4.63. The smallest absolute Gasteiger partial charge is 0.244 e. The third-order valence-electron chi connectivity index (χ3n) is 4.88. The van der Waals surface area contributed by atoms with Gasteiger partial charge < -0.3 is 10.1 Å². The van der Waals surface area contributed by atoms with Gasteiger partial charge in [-0.3, -0.25) is 9.10 Å². The van der Waals surface area contributed by atoms with Crippen molar-refractivity contribution >= 4 is 44.0 Å². The van der Waals surface area contributed by atoms with Crippen LogP contribution in [0, 0.1) is 5.82 Å². The first-order valence-corrected chi connectivity index (χ1v) is 12.3. The van der Waals surface area contributed by atoms with Gasteiger partial charge in [-0.15, -0.1) is 0 Å². The first kappa shape index (κ1) is 23.8. The molecule has 0 saturated heterocycles. The Hall–Kier alpha value is -2.84. The maximum absolute atomic E-state index is 13.5. The first-order chi connectivity index (χ1) is 15.2. The molecule has 0 radical (unpaired) electrons. The summed E-state index contributed by atoms with van der Waals surface area (Å²) in [6, 6.07) is 16.1. The van der Waals surface area contributed by atoms with E-state index in [1.165, 1.54) is 12.1 Å². The van der Waals surface area contributed by atoms with Crippen LogP contribution in [0.5, 0.6) is 5.75 Å². The molecule has 0 spiro atoms. The lowest BCUT2D eigenvalue weighted by molar-refractivity contribution is -0.122. The van der Waals surface area contributed by atoms with Crippen molar-refractivity contribution in [2.45, 2.75) is 19.4 Å². The number of sulfonamides is 1. The molecule has 0 aromatic heterocycles. The van der Waals surface area contributed by atoms with Gasteiger partial charge in [-0.25, -0.2) is 12.8 Å². The number of hydrogen-bond donors (Lipinski definition) is 1. The Morgan fingerprint density at radius 2 is 1.84 bits per heavy atom. The summed E-state index contributed by atoms with van der Waals surface area (Å²) in [6.45, 7) is 2.09. The topological polar surface area (TPSA) is 75.7 Å². The molecule has 0 aliphatic carbocycles. The summed E-state index contributed by atoms with van der Waals surface area (Å²) in [5.41, 5.74) is 0.119. The standard InChI is InChI=1S/C23H24ClFN2O4S/c1-3-22(27(32(2,29)30)18-9-11-21(25)20(24)15-18)23(28)26-12-13-31-19-10-8-16-6-4-5-7-17(16)14-19/h4-11,14-15,22H,3,12-13H2,1-2H3,(H,26,28)/t22-/m1/s1. The maximum atomic E-state index is 13.5. The third kappa shape index (κ3) is 5.69. The molecule has 32 heavy (non-hydrogen) atoms. The van der Waals surface area contributed by atoms with Crippen molar-refractivity contribution in [2.24, 2.45) is 0 Å². The number of ether oxygens (including phenoxy) is 1. The van der Waals surface area contributed by atoms with E-state index in [1.807, 2.05) is 42.5 Å². The van der Waals surface area contributed by atoms with Crippen LogP contribution in [0.3, 0.4) is 0 Å². The molecule has 9 heteroatoms. The van der Waals surface area contributed by atoms with Gasteiger partial charge in [0.15, 0.2) is 0 Å². The Balaban J connectivity index is 1.65. The number of anilines is 1. The van der Waals surface area contributed by atoms with Crippen molar-refractivity contribution in [2.75, 3.05) is 23.7 Å². The maximum Gasteiger partial charge on any atom is 0.244 e. The van der Waals surface area contributed by atoms with Crippen molar-refractivity contribution < 1.29 is 22.3 Å². The van der Waals surface area contributed by atoms with Crippen LogP contribution in [0.2, 0.25) is 5.02 Å². The minimum absolute atomic E-state index is 0.119. The Labute approximate surface area is 192 Å². The molecule has 0 aliphatic heterocycles. The molecule has 0 fully saturated rings. The fourth-order valence-corrected chi connectivity index (χ4v) is 4.78. The van der Waals surface area contributed by atoms with Gasteiger partial charge in [0, 0.05) is 0 Å². The van der Waals surface area contributed by atoms with Gasteiger partial charge in [0.05, 0.1) is 23.5 Å². The van der Waals surface area contributed by atoms with Crippen molar-refractivity contribution in [3.63, 3.8) is 0 Å². The minimum Gasteiger partial charge on any atom is -0.492 e. The quantitative estimate of drug-likeness (QED) is 0.463. The number of hydrogen-bond acceptors (Lipinski definition) is 4. The summed E-state index contributed by atoms with van der Waals surface area (Å²) < 4.78 is 45.1. The molecule has 1 atom stereocenters. The van der Waals surface area contributed by atoms with E-state index in [-0.39, 0.29) is 30.3 Å². The molecule has 0 unspecified atom stereocenters. The zero-order chi connectivity index (χ0) is 23.3. The highest BCUT2D eigenvalue weighted by atomic mass is 35.5. The van der Waals surface area contributed by atoms with E-state index in [0.717, 1.165) is 27.4 Å². The fraction of sp³-hybridized carbons (Fsp3) is 0.261. The predicted octanol–water partition coefficient (Wildman–Crippen LogP) is 4.37. The van der Waals surface area contributed by atoms with E-state index in [0.29, 0.717) is 5.75 Å². The summed E-state index contributed by atoms with van der Waals surface area (Å²) in [6.07, 6.45) is 1.20.